The molecule has 11 atom stereocenters. The van der Waals surface area contributed by atoms with Gasteiger partial charge in [0.2, 0.25) is 0 Å². The second kappa shape index (κ2) is 7.45. The molecule has 0 aromatic rings. The Balaban J connectivity index is 1.25. The van der Waals surface area contributed by atoms with Gasteiger partial charge in [-0.25, -0.2) is 0 Å². The van der Waals surface area contributed by atoms with Crippen molar-refractivity contribution >= 4 is 0 Å². The fourth-order valence-corrected chi connectivity index (χ4v) is 11.4. The maximum absolute atomic E-state index is 10.9. The molecule has 1 aliphatic heterocycles. The molecular weight excluding hydrogens is 424 g/mol. The van der Waals surface area contributed by atoms with Crippen molar-refractivity contribution in [3.05, 3.63) is 0 Å². The van der Waals surface area contributed by atoms with E-state index >= 15 is 0 Å². The van der Waals surface area contributed by atoms with Crippen LogP contribution < -0.4 is 0 Å². The molecule has 0 radical (unpaired) electrons. The minimum Gasteiger partial charge on any atom is -0.393 e. The lowest BCUT2D eigenvalue weighted by atomic mass is 9.46. The summed E-state index contributed by atoms with van der Waals surface area (Å²) >= 11 is 0. The zero-order chi connectivity index (χ0) is 24.3. The molecule has 6 rings (SSSR count). The van der Waals surface area contributed by atoms with Gasteiger partial charge in [0.05, 0.1) is 23.9 Å². The number of fused-ring (bicyclic) bond motifs is 4. The van der Waals surface area contributed by atoms with Crippen molar-refractivity contribution in [1.82, 2.24) is 0 Å². The fourth-order valence-electron chi connectivity index (χ4n) is 11.4. The van der Waals surface area contributed by atoms with E-state index in [1.807, 2.05) is 20.8 Å². The van der Waals surface area contributed by atoms with Crippen LogP contribution in [0.1, 0.15) is 106 Å². The number of aliphatic hydroxyl groups is 2. The second-order valence-electron chi connectivity index (χ2n) is 14.9. The summed E-state index contributed by atoms with van der Waals surface area (Å²) in [5.41, 5.74) is 0.647. The van der Waals surface area contributed by atoms with Crippen molar-refractivity contribution in [2.24, 2.45) is 45.3 Å². The number of hydrogen-bond acceptors (Lipinski definition) is 4. The number of aliphatic hydroxyl groups excluding tert-OH is 1. The van der Waals surface area contributed by atoms with E-state index in [0.717, 1.165) is 24.7 Å². The maximum Gasteiger partial charge on any atom is 0.112 e. The molecule has 6 aliphatic rings. The van der Waals surface area contributed by atoms with Crippen LogP contribution in [0.3, 0.4) is 0 Å². The first kappa shape index (κ1) is 24.2. The van der Waals surface area contributed by atoms with Gasteiger partial charge in [0.1, 0.15) is 6.10 Å². The highest BCUT2D eigenvalue weighted by Gasteiger charge is 2.80. The fraction of sp³-hybridized carbons (Fsp3) is 1.00. The third-order valence-electron chi connectivity index (χ3n) is 13.0. The Bertz CT molecular complexity index is 817. The van der Waals surface area contributed by atoms with Crippen LogP contribution in [0.25, 0.3) is 0 Å². The molecule has 194 valence electrons. The molecule has 0 aromatic heterocycles. The molecule has 8 unspecified atom stereocenters. The van der Waals surface area contributed by atoms with Crippen LogP contribution in [0.2, 0.25) is 0 Å². The van der Waals surface area contributed by atoms with Crippen molar-refractivity contribution in [3.8, 4) is 0 Å². The molecule has 5 aliphatic carbocycles. The number of hydrogen-bond donors (Lipinski definition) is 2. The maximum atomic E-state index is 10.9. The Hall–Kier alpha value is -0.160. The Morgan fingerprint density at radius 2 is 1.68 bits per heavy atom. The topological polar surface area (TPSA) is 58.9 Å². The van der Waals surface area contributed by atoms with Crippen molar-refractivity contribution < 1.29 is 19.7 Å². The van der Waals surface area contributed by atoms with E-state index in [1.165, 1.54) is 51.4 Å². The third-order valence-corrected chi connectivity index (χ3v) is 13.0. The molecule has 4 heteroatoms. The Morgan fingerprint density at radius 1 is 0.941 bits per heavy atom. The molecule has 0 aromatic carbocycles. The van der Waals surface area contributed by atoms with Crippen LogP contribution in [0, 0.1) is 45.3 Å². The average molecular weight is 475 g/mol. The lowest BCUT2D eigenvalue weighted by Gasteiger charge is -2.59. The first-order valence-electron chi connectivity index (χ1n) is 14.6. The first-order chi connectivity index (χ1) is 15.9. The average Bonchev–Trinajstić information content (AvgIpc) is 3.34. The van der Waals surface area contributed by atoms with E-state index in [2.05, 4.69) is 20.8 Å². The minimum atomic E-state index is -0.885. The molecular formula is C30H50O4. The van der Waals surface area contributed by atoms with Gasteiger partial charge in [-0.2, -0.15) is 0 Å². The second-order valence-corrected chi connectivity index (χ2v) is 14.9. The molecule has 0 amide bonds. The van der Waals surface area contributed by atoms with Crippen molar-refractivity contribution in [2.75, 3.05) is 6.61 Å². The summed E-state index contributed by atoms with van der Waals surface area (Å²) in [5.74, 6) is 2.98. The molecule has 6 fully saturated rings. The zero-order valence-corrected chi connectivity index (χ0v) is 22.6. The Labute approximate surface area is 207 Å². The van der Waals surface area contributed by atoms with E-state index in [-0.39, 0.29) is 23.7 Å². The molecule has 1 saturated heterocycles. The van der Waals surface area contributed by atoms with Crippen LogP contribution >= 0.6 is 0 Å². The first-order valence-corrected chi connectivity index (χ1v) is 14.6. The van der Waals surface area contributed by atoms with Gasteiger partial charge in [-0.15, -0.1) is 0 Å². The normalized spacial score (nSPS) is 54.2. The van der Waals surface area contributed by atoms with E-state index in [0.29, 0.717) is 40.8 Å². The summed E-state index contributed by atoms with van der Waals surface area (Å²) in [6, 6.07) is 0. The van der Waals surface area contributed by atoms with Crippen LogP contribution in [0.4, 0.5) is 0 Å². The highest BCUT2D eigenvalue weighted by molar-refractivity contribution is 5.29. The van der Waals surface area contributed by atoms with Gasteiger partial charge in [-0.1, -0.05) is 20.8 Å². The van der Waals surface area contributed by atoms with E-state index in [9.17, 15) is 10.2 Å². The van der Waals surface area contributed by atoms with Crippen molar-refractivity contribution in [2.45, 2.75) is 136 Å². The predicted octanol–water partition coefficient (Wildman–Crippen LogP) is 5.73. The van der Waals surface area contributed by atoms with Gasteiger partial charge < -0.3 is 19.7 Å². The van der Waals surface area contributed by atoms with Gasteiger partial charge in [-0.05, 0) is 130 Å². The molecule has 5 saturated carbocycles. The standard InChI is InChI=1S/C30H50O4/c1-7-33-25(27(4,5)32)21-10-8-19-22(34-21)16-20-18-9-11-23-26(2,3)24(31)12-13-30(23)17-29(18,30)15-14-28(19,20)6/h18-25,31-32H,7-17H2,1-6H3/t18?,19?,20?,21?,22?,23?,24-,25-,28?,29-,30?/m0/s1. The minimum absolute atomic E-state index is 0.00236. The smallest absolute Gasteiger partial charge is 0.112 e. The predicted molar refractivity (Wildman–Crippen MR) is 133 cm³/mol. The van der Waals surface area contributed by atoms with E-state index in [1.54, 1.807) is 0 Å². The summed E-state index contributed by atoms with van der Waals surface area (Å²) in [6.45, 7) is 13.7. The lowest BCUT2D eigenvalue weighted by molar-refractivity contribution is -0.193. The van der Waals surface area contributed by atoms with Crippen molar-refractivity contribution in [1.29, 1.82) is 0 Å². The SMILES string of the molecule is CCO[C@@H](C1CCC2C(CC3C4CCC5C(C)(C)[C@@H](O)CCC56C[C@@]46CCC23C)O1)C(C)(C)O. The van der Waals surface area contributed by atoms with Crippen LogP contribution in [-0.2, 0) is 9.47 Å². The van der Waals surface area contributed by atoms with E-state index < -0.39 is 5.60 Å². The van der Waals surface area contributed by atoms with Gasteiger partial charge >= 0.3 is 0 Å². The summed E-state index contributed by atoms with van der Waals surface area (Å²) in [4.78, 5) is 0. The quantitative estimate of drug-likeness (QED) is 0.546. The van der Waals surface area contributed by atoms with Gasteiger partial charge in [0, 0.05) is 6.61 Å². The molecule has 4 nitrogen and oxygen atoms in total. The third kappa shape index (κ3) is 2.98. The van der Waals surface area contributed by atoms with Crippen LogP contribution in [-0.4, -0.2) is 46.8 Å². The summed E-state index contributed by atoms with van der Waals surface area (Å²) in [7, 11) is 0. The zero-order valence-electron chi connectivity index (χ0n) is 22.6. The van der Waals surface area contributed by atoms with Crippen LogP contribution in [0.15, 0.2) is 0 Å². The summed E-state index contributed by atoms with van der Waals surface area (Å²) in [5, 5.41) is 21.7. The molecule has 2 N–H and O–H groups in total. The van der Waals surface area contributed by atoms with E-state index in [4.69, 9.17) is 9.47 Å². The van der Waals surface area contributed by atoms with Crippen molar-refractivity contribution in [3.63, 3.8) is 0 Å². The number of rotatable bonds is 4. The number of ether oxygens (including phenoxy) is 2. The Kier molecular flexibility index (Phi) is 5.30. The Morgan fingerprint density at radius 3 is 2.38 bits per heavy atom. The molecule has 2 spiro atoms. The highest BCUT2D eigenvalue weighted by Crippen LogP contribution is 2.87. The molecule has 34 heavy (non-hydrogen) atoms. The lowest BCUT2D eigenvalue weighted by Crippen LogP contribution is -2.54. The summed E-state index contributed by atoms with van der Waals surface area (Å²) < 4.78 is 12.9. The monoisotopic (exact) mass is 474 g/mol. The van der Waals surface area contributed by atoms with Gasteiger partial charge in [0.15, 0.2) is 0 Å². The highest BCUT2D eigenvalue weighted by atomic mass is 16.6. The summed E-state index contributed by atoms with van der Waals surface area (Å²) in [6.07, 6.45) is 12.5. The molecule has 0 bridgehead atoms. The van der Waals surface area contributed by atoms with Gasteiger partial charge in [-0.3, -0.25) is 0 Å². The van der Waals surface area contributed by atoms with Gasteiger partial charge in [0.25, 0.3) is 0 Å². The largest absolute Gasteiger partial charge is 0.393 e. The van der Waals surface area contributed by atoms with Crippen LogP contribution in [0.5, 0.6) is 0 Å². The molecule has 1 heterocycles.